The van der Waals surface area contributed by atoms with Crippen LogP contribution in [0.2, 0.25) is 0 Å². The molecule has 0 unspecified atom stereocenters. The van der Waals surface area contributed by atoms with Crippen LogP contribution >= 0.6 is 24.0 Å². The number of guanidine groups is 1. The molecule has 7 heteroatoms. The van der Waals surface area contributed by atoms with Crippen LogP contribution in [-0.2, 0) is 11.3 Å². The Kier molecular flexibility index (Phi) is 10.7. The minimum atomic E-state index is 0. The zero-order valence-electron chi connectivity index (χ0n) is 20.2. The molecule has 4 rings (SSSR count). The van der Waals surface area contributed by atoms with Crippen molar-refractivity contribution in [1.29, 1.82) is 0 Å². The SMILES string of the molecule is CN=C(NCC1CCN(CCOC)CC1)N1CCN(Cc2cccc3ccccc23)CC1.I. The second-order valence-electron chi connectivity index (χ2n) is 9.11. The zero-order chi connectivity index (χ0) is 22.2. The molecule has 0 atom stereocenters. The maximum atomic E-state index is 5.21. The number of aliphatic imine (C=N–C) groups is 1. The Morgan fingerprint density at radius 2 is 1.70 bits per heavy atom. The summed E-state index contributed by atoms with van der Waals surface area (Å²) in [5, 5.41) is 6.38. The fourth-order valence-electron chi connectivity index (χ4n) is 4.99. The number of rotatable bonds is 7. The molecule has 2 fully saturated rings. The molecule has 182 valence electrons. The van der Waals surface area contributed by atoms with E-state index in [0.29, 0.717) is 0 Å². The van der Waals surface area contributed by atoms with Gasteiger partial charge in [0.25, 0.3) is 0 Å². The van der Waals surface area contributed by atoms with Crippen LogP contribution in [0.1, 0.15) is 18.4 Å². The summed E-state index contributed by atoms with van der Waals surface area (Å²) in [6, 6.07) is 15.4. The van der Waals surface area contributed by atoms with Gasteiger partial charge in [0.05, 0.1) is 6.61 Å². The molecule has 2 aromatic carbocycles. The minimum Gasteiger partial charge on any atom is -0.383 e. The van der Waals surface area contributed by atoms with Crippen molar-refractivity contribution in [3.05, 3.63) is 48.0 Å². The third kappa shape index (κ3) is 7.28. The number of methoxy groups -OCH3 is 1. The Bertz CT molecular complexity index is 871. The second-order valence-corrected chi connectivity index (χ2v) is 9.11. The van der Waals surface area contributed by atoms with E-state index in [4.69, 9.17) is 4.74 Å². The highest BCUT2D eigenvalue weighted by Gasteiger charge is 2.22. The monoisotopic (exact) mass is 565 g/mol. The summed E-state index contributed by atoms with van der Waals surface area (Å²) < 4.78 is 5.21. The summed E-state index contributed by atoms with van der Waals surface area (Å²) >= 11 is 0. The minimum absolute atomic E-state index is 0. The molecule has 0 amide bonds. The van der Waals surface area contributed by atoms with Gasteiger partial charge in [0, 0.05) is 60.0 Å². The molecule has 2 aromatic rings. The van der Waals surface area contributed by atoms with Gasteiger partial charge < -0.3 is 19.9 Å². The van der Waals surface area contributed by atoms with Crippen LogP contribution < -0.4 is 5.32 Å². The topological polar surface area (TPSA) is 43.3 Å². The van der Waals surface area contributed by atoms with Crippen LogP contribution in [0.25, 0.3) is 10.8 Å². The number of piperidine rings is 1. The van der Waals surface area contributed by atoms with Gasteiger partial charge in [-0.15, -0.1) is 24.0 Å². The molecule has 0 aliphatic carbocycles. The lowest BCUT2D eigenvalue weighted by Crippen LogP contribution is -2.53. The van der Waals surface area contributed by atoms with Gasteiger partial charge >= 0.3 is 0 Å². The fourth-order valence-corrected chi connectivity index (χ4v) is 4.99. The molecule has 33 heavy (non-hydrogen) atoms. The molecular weight excluding hydrogens is 525 g/mol. The van der Waals surface area contributed by atoms with E-state index in [9.17, 15) is 0 Å². The van der Waals surface area contributed by atoms with Gasteiger partial charge in [0.15, 0.2) is 5.96 Å². The highest BCUT2D eigenvalue weighted by Crippen LogP contribution is 2.21. The van der Waals surface area contributed by atoms with Crippen molar-refractivity contribution in [3.63, 3.8) is 0 Å². The molecule has 1 N–H and O–H groups in total. The van der Waals surface area contributed by atoms with Crippen molar-refractivity contribution in [2.24, 2.45) is 10.9 Å². The van der Waals surface area contributed by atoms with E-state index in [1.54, 1.807) is 7.11 Å². The molecule has 0 spiro atoms. The van der Waals surface area contributed by atoms with Crippen LogP contribution in [0.15, 0.2) is 47.5 Å². The fraction of sp³-hybridized carbons (Fsp3) is 0.577. The van der Waals surface area contributed by atoms with Gasteiger partial charge in [-0.2, -0.15) is 0 Å². The molecule has 2 aliphatic heterocycles. The lowest BCUT2D eigenvalue weighted by atomic mass is 9.97. The first-order chi connectivity index (χ1) is 15.8. The van der Waals surface area contributed by atoms with Crippen molar-refractivity contribution in [2.45, 2.75) is 19.4 Å². The van der Waals surface area contributed by atoms with Crippen LogP contribution in [0.4, 0.5) is 0 Å². The van der Waals surface area contributed by atoms with Crippen molar-refractivity contribution in [1.82, 2.24) is 20.0 Å². The van der Waals surface area contributed by atoms with Gasteiger partial charge in [-0.25, -0.2) is 0 Å². The standard InChI is InChI=1S/C26H39N5O.HI/c1-27-26(28-20-22-10-12-29(13-11-22)18-19-32-2)31-16-14-30(15-17-31)21-24-8-5-7-23-6-3-4-9-25(23)24;/h3-9,22H,10-21H2,1-2H3,(H,27,28);1H. The van der Waals surface area contributed by atoms with E-state index in [1.165, 1.54) is 42.3 Å². The molecule has 0 saturated carbocycles. The molecule has 2 heterocycles. The van der Waals surface area contributed by atoms with Gasteiger partial charge in [-0.3, -0.25) is 9.89 Å². The highest BCUT2D eigenvalue weighted by atomic mass is 127. The first-order valence-corrected chi connectivity index (χ1v) is 12.1. The first kappa shape index (κ1) is 26.2. The van der Waals surface area contributed by atoms with E-state index >= 15 is 0 Å². The van der Waals surface area contributed by atoms with Crippen LogP contribution in [0.5, 0.6) is 0 Å². The summed E-state index contributed by atoms with van der Waals surface area (Å²) in [5.74, 6) is 1.80. The summed E-state index contributed by atoms with van der Waals surface area (Å²) in [6.07, 6.45) is 2.51. The van der Waals surface area contributed by atoms with E-state index < -0.39 is 0 Å². The van der Waals surface area contributed by atoms with Gasteiger partial charge in [-0.1, -0.05) is 42.5 Å². The number of nitrogens with zero attached hydrogens (tertiary/aromatic N) is 4. The molecule has 6 nitrogen and oxygen atoms in total. The van der Waals surface area contributed by atoms with E-state index in [2.05, 4.69) is 67.5 Å². The Morgan fingerprint density at radius 1 is 0.970 bits per heavy atom. The van der Waals surface area contributed by atoms with E-state index in [1.807, 2.05) is 7.05 Å². The highest BCUT2D eigenvalue weighted by molar-refractivity contribution is 14.0. The van der Waals surface area contributed by atoms with Gasteiger partial charge in [0.1, 0.15) is 0 Å². The number of benzene rings is 2. The van der Waals surface area contributed by atoms with E-state index in [-0.39, 0.29) is 24.0 Å². The number of hydrogen-bond donors (Lipinski definition) is 1. The maximum absolute atomic E-state index is 5.21. The lowest BCUT2D eigenvalue weighted by Gasteiger charge is -2.37. The zero-order valence-corrected chi connectivity index (χ0v) is 22.5. The summed E-state index contributed by atoms with van der Waals surface area (Å²) in [4.78, 5) is 12.1. The Hall–Kier alpha value is -1.42. The van der Waals surface area contributed by atoms with Crippen LogP contribution in [-0.4, -0.2) is 93.8 Å². The maximum Gasteiger partial charge on any atom is 0.193 e. The van der Waals surface area contributed by atoms with Gasteiger partial charge in [0.2, 0.25) is 0 Å². The number of hydrogen-bond acceptors (Lipinski definition) is 4. The number of halogens is 1. The lowest BCUT2D eigenvalue weighted by molar-refractivity contribution is 0.120. The summed E-state index contributed by atoms with van der Waals surface area (Å²) in [6.45, 7) is 10.5. The van der Waals surface area contributed by atoms with Crippen molar-refractivity contribution < 1.29 is 4.74 Å². The number of nitrogens with one attached hydrogen (secondary N) is 1. The third-order valence-corrected chi connectivity index (χ3v) is 7.03. The van der Waals surface area contributed by atoms with E-state index in [0.717, 1.165) is 64.3 Å². The number of piperazine rings is 1. The predicted octanol–water partition coefficient (Wildman–Crippen LogP) is 3.51. The van der Waals surface area contributed by atoms with Crippen LogP contribution in [0, 0.1) is 5.92 Å². The Labute approximate surface area is 216 Å². The van der Waals surface area contributed by atoms with Crippen molar-refractivity contribution in [2.75, 3.05) is 73.1 Å². The largest absolute Gasteiger partial charge is 0.383 e. The molecule has 0 radical (unpaired) electrons. The van der Waals surface area contributed by atoms with Crippen LogP contribution in [0.3, 0.4) is 0 Å². The summed E-state index contributed by atoms with van der Waals surface area (Å²) in [5.41, 5.74) is 1.43. The molecule has 0 aromatic heterocycles. The first-order valence-electron chi connectivity index (χ1n) is 12.1. The molecule has 0 bridgehead atoms. The molecule has 2 saturated heterocycles. The van der Waals surface area contributed by atoms with Gasteiger partial charge in [-0.05, 0) is 48.2 Å². The number of ether oxygens (including phenoxy) is 1. The smallest absolute Gasteiger partial charge is 0.193 e. The normalized spacial score (nSPS) is 19.0. The molecule has 2 aliphatic rings. The average Bonchev–Trinajstić information content (AvgIpc) is 2.85. The Balaban J connectivity index is 0.00000306. The number of fused-ring (bicyclic) bond motifs is 1. The predicted molar refractivity (Wildman–Crippen MR) is 149 cm³/mol. The average molecular weight is 566 g/mol. The second kappa shape index (κ2) is 13.5. The quantitative estimate of drug-likeness (QED) is 0.317. The summed E-state index contributed by atoms with van der Waals surface area (Å²) in [7, 11) is 3.70. The third-order valence-electron chi connectivity index (χ3n) is 7.03. The molecular formula is C26H40IN5O. The Morgan fingerprint density at radius 3 is 2.42 bits per heavy atom. The van der Waals surface area contributed by atoms with Crippen molar-refractivity contribution in [3.8, 4) is 0 Å². The van der Waals surface area contributed by atoms with Crippen molar-refractivity contribution >= 4 is 40.7 Å². The number of likely N-dealkylation sites (tertiary alicyclic amines) is 1.